The Balaban J connectivity index is 0.988. The van der Waals surface area contributed by atoms with Crippen molar-refractivity contribution in [3.63, 3.8) is 0 Å². The predicted octanol–water partition coefficient (Wildman–Crippen LogP) is -1.99. The third-order valence-electron chi connectivity index (χ3n) is 20.4. The SMILES string of the molecule is C[C@H](CC[C@@H](O[C@@H]1O[C@H](CO[C@H]2O[C@H](CO)[C@@H](O)[C@H](O)[C@H]2O)[C@@H](O)[C@H](O)[C@H]1O[C@@H]1O[C@H](CO)[C@@H](O)[C@H](O)[C@H]1O)C(C)(C)O)C1CC[C@@]2(C)C3CC=C4C(CC[C@H](O[C@@H]5O[C@H](CO)C[C@H](O)[C@H]5O)C4(C)C)[C@]3(C)C(=O)C[C@]12C. The molecular formula is C54H90O23. The van der Waals surface area contributed by atoms with Gasteiger partial charge in [0.25, 0.3) is 0 Å². The molecule has 444 valence electrons. The molecule has 0 amide bonds. The first-order valence-corrected chi connectivity index (χ1v) is 27.8. The van der Waals surface area contributed by atoms with Gasteiger partial charge in [0.2, 0.25) is 0 Å². The van der Waals surface area contributed by atoms with Crippen molar-refractivity contribution in [1.82, 2.24) is 0 Å². The molecule has 14 N–H and O–H groups in total. The van der Waals surface area contributed by atoms with Gasteiger partial charge in [-0.25, -0.2) is 0 Å². The van der Waals surface area contributed by atoms with Crippen LogP contribution in [0.3, 0.4) is 0 Å². The molecule has 4 heterocycles. The van der Waals surface area contributed by atoms with Gasteiger partial charge in [0, 0.05) is 23.7 Å². The van der Waals surface area contributed by atoms with Crippen LogP contribution in [-0.4, -0.2) is 238 Å². The maximum Gasteiger partial charge on any atom is 0.187 e. The summed E-state index contributed by atoms with van der Waals surface area (Å²) in [5, 5.41) is 149. The van der Waals surface area contributed by atoms with Gasteiger partial charge in [0.15, 0.2) is 25.2 Å². The maximum atomic E-state index is 15.2. The molecule has 3 saturated carbocycles. The molecule has 0 aromatic carbocycles. The molecule has 0 bridgehead atoms. The molecule has 0 spiro atoms. The Morgan fingerprint density at radius 1 is 0.662 bits per heavy atom. The molecule has 8 aliphatic rings. The van der Waals surface area contributed by atoms with Gasteiger partial charge >= 0.3 is 0 Å². The topological polar surface area (TPSA) is 374 Å². The van der Waals surface area contributed by atoms with Crippen molar-refractivity contribution in [1.29, 1.82) is 0 Å². The highest BCUT2D eigenvalue weighted by Gasteiger charge is 2.70. The first-order chi connectivity index (χ1) is 36.0. The molecule has 0 aromatic rings. The first kappa shape index (κ1) is 61.6. The number of carbonyl (C=O) groups excluding carboxylic acids is 1. The Morgan fingerprint density at radius 3 is 1.86 bits per heavy atom. The lowest BCUT2D eigenvalue weighted by atomic mass is 9.38. The van der Waals surface area contributed by atoms with Crippen LogP contribution in [0.1, 0.15) is 113 Å². The number of carbonyl (C=O) groups is 1. The van der Waals surface area contributed by atoms with Crippen molar-refractivity contribution in [2.45, 2.75) is 248 Å². The Labute approximate surface area is 450 Å². The molecule has 4 aliphatic heterocycles. The second-order valence-electron chi connectivity index (χ2n) is 25.6. The van der Waals surface area contributed by atoms with Crippen molar-refractivity contribution in [3.8, 4) is 0 Å². The van der Waals surface area contributed by atoms with E-state index in [9.17, 15) is 71.5 Å². The van der Waals surface area contributed by atoms with Gasteiger partial charge in [0.1, 0.15) is 85.1 Å². The van der Waals surface area contributed by atoms with E-state index in [1.165, 1.54) is 13.8 Å². The number of hydrogen-bond donors (Lipinski definition) is 14. The molecule has 4 aliphatic carbocycles. The van der Waals surface area contributed by atoms with Gasteiger partial charge in [0.05, 0.1) is 56.4 Å². The zero-order valence-corrected chi connectivity index (χ0v) is 45.6. The molecule has 0 aromatic heterocycles. The first-order valence-electron chi connectivity index (χ1n) is 27.8. The minimum atomic E-state index is -1.93. The second kappa shape index (κ2) is 23.3. The zero-order valence-electron chi connectivity index (χ0n) is 45.6. The summed E-state index contributed by atoms with van der Waals surface area (Å²) in [6.45, 7) is 13.6. The van der Waals surface area contributed by atoms with Crippen LogP contribution in [0.2, 0.25) is 0 Å². The Bertz CT molecular complexity index is 2030. The number of aliphatic hydroxyl groups is 14. The van der Waals surface area contributed by atoms with Crippen molar-refractivity contribution >= 4 is 5.78 Å². The lowest BCUT2D eigenvalue weighted by Gasteiger charge is -2.65. The van der Waals surface area contributed by atoms with Gasteiger partial charge < -0.3 is 109 Å². The van der Waals surface area contributed by atoms with E-state index in [2.05, 4.69) is 47.6 Å². The summed E-state index contributed by atoms with van der Waals surface area (Å²) >= 11 is 0. The van der Waals surface area contributed by atoms with Crippen LogP contribution in [0.25, 0.3) is 0 Å². The lowest BCUT2D eigenvalue weighted by molar-refractivity contribution is -0.380. The maximum absolute atomic E-state index is 15.2. The number of hydrogen-bond acceptors (Lipinski definition) is 23. The highest BCUT2D eigenvalue weighted by Crippen LogP contribution is 2.74. The summed E-state index contributed by atoms with van der Waals surface area (Å²) in [5.41, 5.74) is -2.32. The highest BCUT2D eigenvalue weighted by atomic mass is 16.8. The van der Waals surface area contributed by atoms with E-state index in [4.69, 9.17) is 37.9 Å². The summed E-state index contributed by atoms with van der Waals surface area (Å²) in [4.78, 5) is 15.2. The monoisotopic (exact) mass is 1110 g/mol. The molecule has 4 saturated heterocycles. The average Bonchev–Trinajstić information content (AvgIpc) is 3.92. The molecule has 0 radical (unpaired) electrons. The third-order valence-corrected chi connectivity index (χ3v) is 20.4. The Kier molecular flexibility index (Phi) is 18.6. The van der Waals surface area contributed by atoms with E-state index in [1.807, 2.05) is 0 Å². The summed E-state index contributed by atoms with van der Waals surface area (Å²) in [7, 11) is 0. The van der Waals surface area contributed by atoms with Gasteiger partial charge in [-0.1, -0.05) is 53.2 Å². The number of fused-ring (bicyclic) bond motifs is 5. The standard InChI is InChI=1S/C54H90O23/c1-23(25-15-16-52(6)32-12-10-26-27(54(32,8)33(59)18-53(25,52)7)11-14-34(50(26,2)3)75-47-36(60)28(58)17-24(19-55)71-47)9-13-35(51(4,5)69)76-49-45(77-48-44(68)41(65)38(62)30(21-57)73-48)42(66)39(63)31(74-49)22-70-46-43(67)40(64)37(61)29(20-56)72-46/h10,23-25,27-32,34-49,55-58,60-69H,9,11-22H2,1-8H3/t23-,24+,25?,27?,28+,29-,30-,31-,32?,34+,35-,36-,37-,38-,39-,40+,41+,42+,43-,44-,45-,46+,47+,48+,49+,52+,53-,54+/m1/s1. The van der Waals surface area contributed by atoms with Crippen LogP contribution in [0.5, 0.6) is 0 Å². The fourth-order valence-corrected chi connectivity index (χ4v) is 15.3. The van der Waals surface area contributed by atoms with Crippen LogP contribution in [-0.2, 0) is 42.7 Å². The zero-order chi connectivity index (χ0) is 56.6. The number of aliphatic hydroxyl groups excluding tert-OH is 13. The average molecular weight is 1110 g/mol. The fourth-order valence-electron chi connectivity index (χ4n) is 15.3. The Hall–Kier alpha value is -1.47. The molecule has 23 nitrogen and oxygen atoms in total. The molecule has 23 heteroatoms. The van der Waals surface area contributed by atoms with Crippen LogP contribution in [0.4, 0.5) is 0 Å². The minimum Gasteiger partial charge on any atom is -0.394 e. The fraction of sp³-hybridized carbons (Fsp3) is 0.944. The van der Waals surface area contributed by atoms with Crippen LogP contribution < -0.4 is 0 Å². The molecule has 3 unspecified atom stereocenters. The quantitative estimate of drug-likeness (QED) is 0.0701. The third kappa shape index (κ3) is 11.0. The number of rotatable bonds is 17. The predicted molar refractivity (Wildman–Crippen MR) is 265 cm³/mol. The van der Waals surface area contributed by atoms with Gasteiger partial charge in [-0.15, -0.1) is 0 Å². The van der Waals surface area contributed by atoms with Crippen LogP contribution in [0.15, 0.2) is 11.6 Å². The molecule has 7 fully saturated rings. The van der Waals surface area contributed by atoms with E-state index in [-0.39, 0.29) is 60.4 Å². The largest absolute Gasteiger partial charge is 0.394 e. The smallest absolute Gasteiger partial charge is 0.187 e. The summed E-state index contributed by atoms with van der Waals surface area (Å²) in [5.74, 6) is 0.253. The molecular weight excluding hydrogens is 1020 g/mol. The van der Waals surface area contributed by atoms with Gasteiger partial charge in [-0.2, -0.15) is 0 Å². The highest BCUT2D eigenvalue weighted by molar-refractivity contribution is 5.88. The van der Waals surface area contributed by atoms with E-state index in [0.29, 0.717) is 32.1 Å². The Morgan fingerprint density at radius 2 is 1.25 bits per heavy atom. The van der Waals surface area contributed by atoms with Crippen molar-refractivity contribution in [2.75, 3.05) is 26.4 Å². The van der Waals surface area contributed by atoms with Gasteiger partial charge in [-0.05, 0) is 93.3 Å². The number of Topliss-reactive ketones (excluding diaryl/α,β-unsaturated/α-hetero) is 1. The van der Waals surface area contributed by atoms with E-state index in [0.717, 1.165) is 18.4 Å². The van der Waals surface area contributed by atoms with Gasteiger partial charge in [-0.3, -0.25) is 4.79 Å². The molecule has 8 rings (SSSR count). The van der Waals surface area contributed by atoms with Crippen molar-refractivity contribution in [2.24, 2.45) is 45.3 Å². The summed E-state index contributed by atoms with van der Waals surface area (Å²) < 4.78 is 47.9. The second-order valence-corrected chi connectivity index (χ2v) is 25.6. The van der Waals surface area contributed by atoms with Crippen LogP contribution >= 0.6 is 0 Å². The van der Waals surface area contributed by atoms with E-state index >= 15 is 4.79 Å². The normalized spacial score (nSPS) is 50.0. The van der Waals surface area contributed by atoms with Crippen LogP contribution in [0, 0.1) is 45.3 Å². The number of ether oxygens (including phenoxy) is 8. The lowest BCUT2D eigenvalue weighted by Crippen LogP contribution is -2.65. The molecule has 28 atom stereocenters. The minimum absolute atomic E-state index is 0.0181. The number of allylic oxidation sites excluding steroid dienone is 1. The number of ketones is 1. The molecule has 77 heavy (non-hydrogen) atoms. The summed E-state index contributed by atoms with van der Waals surface area (Å²) in [6.07, 6.45) is -24.2. The van der Waals surface area contributed by atoms with E-state index in [1.54, 1.807) is 0 Å². The van der Waals surface area contributed by atoms with Crippen molar-refractivity contribution < 1.29 is 114 Å². The van der Waals surface area contributed by atoms with E-state index < -0.39 is 164 Å². The summed E-state index contributed by atoms with van der Waals surface area (Å²) in [6, 6.07) is 0. The van der Waals surface area contributed by atoms with Crippen molar-refractivity contribution in [3.05, 3.63) is 11.6 Å².